The Morgan fingerprint density at radius 2 is 2.05 bits per heavy atom. The van der Waals surface area contributed by atoms with Crippen LogP contribution in [0.5, 0.6) is 5.75 Å². The highest BCUT2D eigenvalue weighted by Gasteiger charge is 2.22. The Bertz CT molecular complexity index is 483. The summed E-state index contributed by atoms with van der Waals surface area (Å²) in [6, 6.07) is 6.01. The fraction of sp³-hybridized carbons (Fsp3) is 0.533. The fourth-order valence-electron chi connectivity index (χ4n) is 2.72. The van der Waals surface area contributed by atoms with E-state index in [0.29, 0.717) is 4.99 Å². The minimum Gasteiger partial charge on any atom is -0.496 e. The highest BCUT2D eigenvalue weighted by Crippen LogP contribution is 2.22. The van der Waals surface area contributed by atoms with Crippen LogP contribution in [0, 0.1) is 0 Å². The first-order chi connectivity index (χ1) is 9.49. The number of methoxy groups -OCH3 is 1. The van der Waals surface area contributed by atoms with Gasteiger partial charge in [-0.25, -0.2) is 0 Å². The number of nitrogens with two attached hydrogens (primary N) is 1. The molecule has 0 amide bonds. The van der Waals surface area contributed by atoms with Gasteiger partial charge in [0.25, 0.3) is 0 Å². The molecule has 0 unspecified atom stereocenters. The van der Waals surface area contributed by atoms with Gasteiger partial charge in [0.05, 0.1) is 24.9 Å². The second kappa shape index (κ2) is 6.52. The standard InChI is InChI=1S/C15H22N2O2S/c1-10-7-17(8-11(2)19-10)9-12-4-5-14(18-3)13(6-12)15(16)20/h4-6,10-11H,7-9H2,1-3H3,(H2,16,20)/t10-,11+. The molecule has 2 N–H and O–H groups in total. The zero-order valence-electron chi connectivity index (χ0n) is 12.3. The molecule has 0 saturated carbocycles. The first-order valence-corrected chi connectivity index (χ1v) is 7.25. The Kier molecular flexibility index (Phi) is 4.96. The van der Waals surface area contributed by atoms with Crippen molar-refractivity contribution in [3.05, 3.63) is 29.3 Å². The smallest absolute Gasteiger partial charge is 0.129 e. The molecule has 1 aromatic rings. The monoisotopic (exact) mass is 294 g/mol. The first-order valence-electron chi connectivity index (χ1n) is 6.84. The zero-order valence-corrected chi connectivity index (χ0v) is 13.1. The molecule has 1 fully saturated rings. The van der Waals surface area contributed by atoms with Crippen LogP contribution in [0.1, 0.15) is 25.0 Å². The molecular weight excluding hydrogens is 272 g/mol. The van der Waals surface area contributed by atoms with E-state index in [1.165, 1.54) is 5.56 Å². The third kappa shape index (κ3) is 3.69. The topological polar surface area (TPSA) is 47.7 Å². The molecule has 1 aromatic carbocycles. The maximum Gasteiger partial charge on any atom is 0.129 e. The Balaban J connectivity index is 2.13. The second-order valence-corrected chi connectivity index (χ2v) is 5.79. The van der Waals surface area contributed by atoms with Crippen LogP contribution in [-0.2, 0) is 11.3 Å². The van der Waals surface area contributed by atoms with Crippen LogP contribution < -0.4 is 10.5 Å². The van der Waals surface area contributed by atoms with Gasteiger partial charge >= 0.3 is 0 Å². The van der Waals surface area contributed by atoms with E-state index in [0.717, 1.165) is 30.9 Å². The fourth-order valence-corrected chi connectivity index (χ4v) is 2.88. The molecule has 0 aromatic heterocycles. The summed E-state index contributed by atoms with van der Waals surface area (Å²) < 4.78 is 11.0. The number of nitrogens with zero attached hydrogens (tertiary/aromatic N) is 1. The van der Waals surface area contributed by atoms with Crippen molar-refractivity contribution in [2.24, 2.45) is 5.73 Å². The van der Waals surface area contributed by atoms with Gasteiger partial charge in [0, 0.05) is 19.6 Å². The van der Waals surface area contributed by atoms with Crippen molar-refractivity contribution in [3.63, 3.8) is 0 Å². The van der Waals surface area contributed by atoms with E-state index in [9.17, 15) is 0 Å². The summed E-state index contributed by atoms with van der Waals surface area (Å²) in [4.78, 5) is 2.76. The van der Waals surface area contributed by atoms with E-state index in [-0.39, 0.29) is 12.2 Å². The molecule has 1 saturated heterocycles. The molecule has 5 heteroatoms. The lowest BCUT2D eigenvalue weighted by atomic mass is 10.1. The third-order valence-electron chi connectivity index (χ3n) is 3.43. The predicted octanol–water partition coefficient (Wildman–Crippen LogP) is 1.94. The molecule has 2 rings (SSSR count). The van der Waals surface area contributed by atoms with Crippen LogP contribution in [0.25, 0.3) is 0 Å². The molecule has 0 radical (unpaired) electrons. The molecule has 1 aliphatic heterocycles. The van der Waals surface area contributed by atoms with Crippen LogP contribution in [0.4, 0.5) is 0 Å². The maximum absolute atomic E-state index is 5.75. The summed E-state index contributed by atoms with van der Waals surface area (Å²) in [5.41, 5.74) is 7.74. The summed E-state index contributed by atoms with van der Waals surface area (Å²) in [6.07, 6.45) is 0.541. The van der Waals surface area contributed by atoms with Gasteiger partial charge in [0.2, 0.25) is 0 Å². The Morgan fingerprint density at radius 1 is 1.40 bits per heavy atom. The van der Waals surface area contributed by atoms with E-state index in [4.69, 9.17) is 27.4 Å². The molecule has 4 nitrogen and oxygen atoms in total. The largest absolute Gasteiger partial charge is 0.496 e. The van der Waals surface area contributed by atoms with Crippen molar-refractivity contribution in [2.75, 3.05) is 20.2 Å². The van der Waals surface area contributed by atoms with Crippen molar-refractivity contribution < 1.29 is 9.47 Å². The molecule has 1 heterocycles. The van der Waals surface area contributed by atoms with E-state index < -0.39 is 0 Å². The van der Waals surface area contributed by atoms with Crippen molar-refractivity contribution in [1.29, 1.82) is 0 Å². The van der Waals surface area contributed by atoms with Gasteiger partial charge in [-0.05, 0) is 31.5 Å². The van der Waals surface area contributed by atoms with E-state index >= 15 is 0 Å². The van der Waals surface area contributed by atoms with Crippen LogP contribution in [0.15, 0.2) is 18.2 Å². The average Bonchev–Trinajstić information content (AvgIpc) is 2.37. The number of benzene rings is 1. The van der Waals surface area contributed by atoms with Gasteiger partial charge in [0.1, 0.15) is 10.7 Å². The summed E-state index contributed by atoms with van der Waals surface area (Å²) in [5, 5.41) is 0. The van der Waals surface area contributed by atoms with Crippen molar-refractivity contribution in [2.45, 2.75) is 32.6 Å². The van der Waals surface area contributed by atoms with Gasteiger partial charge in [-0.3, -0.25) is 4.90 Å². The minimum absolute atomic E-state index is 0.270. The average molecular weight is 294 g/mol. The van der Waals surface area contributed by atoms with Gasteiger partial charge < -0.3 is 15.2 Å². The van der Waals surface area contributed by atoms with Crippen molar-refractivity contribution in [3.8, 4) is 5.75 Å². The number of ether oxygens (including phenoxy) is 2. The molecule has 0 spiro atoms. The summed E-state index contributed by atoms with van der Waals surface area (Å²) in [7, 11) is 1.63. The number of rotatable bonds is 4. The van der Waals surface area contributed by atoms with Gasteiger partial charge in [-0.1, -0.05) is 18.3 Å². The Labute approximate surface area is 125 Å². The molecular formula is C15H22N2O2S. The first kappa shape index (κ1) is 15.2. The number of hydrogen-bond acceptors (Lipinski definition) is 4. The van der Waals surface area contributed by atoms with Crippen LogP contribution in [-0.4, -0.2) is 42.3 Å². The lowest BCUT2D eigenvalue weighted by Crippen LogP contribution is -2.44. The van der Waals surface area contributed by atoms with Gasteiger partial charge in [-0.2, -0.15) is 0 Å². The number of hydrogen-bond donors (Lipinski definition) is 1. The third-order valence-corrected chi connectivity index (χ3v) is 3.65. The number of thiocarbonyl (C=S) groups is 1. The van der Waals surface area contributed by atoms with E-state index in [1.807, 2.05) is 12.1 Å². The predicted molar refractivity (Wildman–Crippen MR) is 84.2 cm³/mol. The normalized spacial score (nSPS) is 23.6. The highest BCUT2D eigenvalue weighted by atomic mass is 32.1. The van der Waals surface area contributed by atoms with Gasteiger partial charge in [0.15, 0.2) is 0 Å². The quantitative estimate of drug-likeness (QED) is 0.860. The van der Waals surface area contributed by atoms with Gasteiger partial charge in [-0.15, -0.1) is 0 Å². The Morgan fingerprint density at radius 3 is 2.60 bits per heavy atom. The molecule has 0 aliphatic carbocycles. The van der Waals surface area contributed by atoms with Crippen molar-refractivity contribution >= 4 is 17.2 Å². The Hall–Kier alpha value is -1.17. The molecule has 0 bridgehead atoms. The van der Waals surface area contributed by atoms with Crippen LogP contribution in [0.3, 0.4) is 0 Å². The lowest BCUT2D eigenvalue weighted by Gasteiger charge is -2.35. The molecule has 2 atom stereocenters. The van der Waals surface area contributed by atoms with Crippen LogP contribution >= 0.6 is 12.2 Å². The summed E-state index contributed by atoms with van der Waals surface area (Å²) in [5.74, 6) is 0.727. The molecule has 1 aliphatic rings. The number of morpholine rings is 1. The molecule has 20 heavy (non-hydrogen) atoms. The molecule has 110 valence electrons. The van der Waals surface area contributed by atoms with Crippen molar-refractivity contribution in [1.82, 2.24) is 4.90 Å². The van der Waals surface area contributed by atoms with Crippen LogP contribution in [0.2, 0.25) is 0 Å². The second-order valence-electron chi connectivity index (χ2n) is 5.35. The van der Waals surface area contributed by atoms with E-state index in [2.05, 4.69) is 24.8 Å². The SMILES string of the molecule is COc1ccc(CN2C[C@@H](C)O[C@@H](C)C2)cc1C(N)=S. The van der Waals surface area contributed by atoms with E-state index in [1.54, 1.807) is 7.11 Å². The minimum atomic E-state index is 0.270. The highest BCUT2D eigenvalue weighted by molar-refractivity contribution is 7.80. The maximum atomic E-state index is 5.75. The zero-order chi connectivity index (χ0) is 14.7. The summed E-state index contributed by atoms with van der Waals surface area (Å²) in [6.45, 7) is 6.98. The lowest BCUT2D eigenvalue weighted by molar-refractivity contribution is -0.0704. The summed E-state index contributed by atoms with van der Waals surface area (Å²) >= 11 is 5.08.